The Morgan fingerprint density at radius 3 is 2.69 bits per heavy atom. The van der Waals surface area contributed by atoms with Crippen LogP contribution in [0, 0.1) is 0 Å². The van der Waals surface area contributed by atoms with Crippen molar-refractivity contribution < 1.29 is 18.0 Å². The Kier molecular flexibility index (Phi) is 5.08. The van der Waals surface area contributed by atoms with Crippen LogP contribution in [0.25, 0.3) is 0 Å². The average molecular weight is 424 g/mol. The summed E-state index contributed by atoms with van der Waals surface area (Å²) in [5, 5.41) is 11.1. The second-order valence-electron chi connectivity index (χ2n) is 6.96. The minimum Gasteiger partial charge on any atom is -0.308 e. The zero-order chi connectivity index (χ0) is 20.6. The van der Waals surface area contributed by atoms with Crippen molar-refractivity contribution in [2.75, 3.05) is 5.32 Å². The Hall–Kier alpha value is -2.81. The molecule has 0 aliphatic heterocycles. The molecule has 4 rings (SSSR count). The number of carbonyl (C=O) groups is 1. The molecule has 0 atom stereocenters. The summed E-state index contributed by atoms with van der Waals surface area (Å²) in [6.45, 7) is 0.166. The number of aromatic nitrogens is 4. The molecule has 1 aromatic carbocycles. The van der Waals surface area contributed by atoms with Gasteiger partial charge >= 0.3 is 6.18 Å². The standard InChI is InChI=1S/C19H17ClF3N5O/c20-14-3-1-2-12(8-14)10-27-7-6-17(26-27)24-18(29)11-28-15(13-4-5-13)9-16(25-28)19(21,22)23/h1-3,6-9,13H,4-5,10-11H2,(H,24,26,29). The molecule has 10 heteroatoms. The fraction of sp³-hybridized carbons (Fsp3) is 0.316. The van der Waals surface area contributed by atoms with Crippen LogP contribution in [-0.2, 0) is 24.1 Å². The number of benzene rings is 1. The van der Waals surface area contributed by atoms with Crippen molar-refractivity contribution in [1.82, 2.24) is 19.6 Å². The largest absolute Gasteiger partial charge is 0.435 e. The zero-order valence-corrected chi connectivity index (χ0v) is 15.9. The van der Waals surface area contributed by atoms with Gasteiger partial charge in [0.2, 0.25) is 5.91 Å². The monoisotopic (exact) mass is 423 g/mol. The van der Waals surface area contributed by atoms with Gasteiger partial charge in [0.15, 0.2) is 11.5 Å². The van der Waals surface area contributed by atoms with E-state index in [9.17, 15) is 18.0 Å². The summed E-state index contributed by atoms with van der Waals surface area (Å²) in [5.41, 5.74) is 0.417. The van der Waals surface area contributed by atoms with E-state index in [-0.39, 0.29) is 12.5 Å². The van der Waals surface area contributed by atoms with E-state index in [1.54, 1.807) is 23.0 Å². The molecule has 1 amide bonds. The van der Waals surface area contributed by atoms with Gasteiger partial charge in [-0.3, -0.25) is 14.2 Å². The van der Waals surface area contributed by atoms with Crippen molar-refractivity contribution in [3.8, 4) is 0 Å². The summed E-state index contributed by atoms with van der Waals surface area (Å²) >= 11 is 5.97. The number of nitrogens with zero attached hydrogens (tertiary/aromatic N) is 4. The summed E-state index contributed by atoms with van der Waals surface area (Å²) in [7, 11) is 0. The highest BCUT2D eigenvalue weighted by Gasteiger charge is 2.38. The number of alkyl halides is 3. The van der Waals surface area contributed by atoms with Gasteiger partial charge in [-0.15, -0.1) is 0 Å². The van der Waals surface area contributed by atoms with Crippen LogP contribution in [-0.4, -0.2) is 25.5 Å². The topological polar surface area (TPSA) is 64.7 Å². The first-order valence-corrected chi connectivity index (χ1v) is 9.38. The van der Waals surface area contributed by atoms with E-state index in [1.807, 2.05) is 18.2 Å². The third kappa shape index (κ3) is 4.79. The molecule has 0 saturated heterocycles. The number of halogens is 4. The first-order chi connectivity index (χ1) is 13.8. The fourth-order valence-electron chi connectivity index (χ4n) is 3.06. The third-order valence-electron chi connectivity index (χ3n) is 4.53. The molecule has 1 aliphatic rings. The normalized spacial score (nSPS) is 14.2. The highest BCUT2D eigenvalue weighted by atomic mass is 35.5. The Labute approximate surface area is 169 Å². The van der Waals surface area contributed by atoms with Crippen LogP contribution in [0.5, 0.6) is 0 Å². The van der Waals surface area contributed by atoms with Crippen LogP contribution in [0.2, 0.25) is 5.02 Å². The fourth-order valence-corrected chi connectivity index (χ4v) is 3.27. The molecular weight excluding hydrogens is 407 g/mol. The van der Waals surface area contributed by atoms with Gasteiger partial charge < -0.3 is 5.32 Å². The van der Waals surface area contributed by atoms with E-state index in [4.69, 9.17) is 11.6 Å². The molecule has 1 fully saturated rings. The minimum atomic E-state index is -4.54. The average Bonchev–Trinajstić information content (AvgIpc) is 3.24. The molecule has 6 nitrogen and oxygen atoms in total. The predicted molar refractivity (Wildman–Crippen MR) is 101 cm³/mol. The number of hydrogen-bond acceptors (Lipinski definition) is 3. The lowest BCUT2D eigenvalue weighted by Gasteiger charge is -2.07. The molecular formula is C19H17ClF3N5O. The van der Waals surface area contributed by atoms with Gasteiger partial charge in [0.25, 0.3) is 0 Å². The highest BCUT2D eigenvalue weighted by molar-refractivity contribution is 6.30. The minimum absolute atomic E-state index is 0.0308. The lowest BCUT2D eigenvalue weighted by atomic mass is 10.2. The van der Waals surface area contributed by atoms with Gasteiger partial charge in [-0.25, -0.2) is 0 Å². The molecule has 0 spiro atoms. The van der Waals surface area contributed by atoms with E-state index >= 15 is 0 Å². The van der Waals surface area contributed by atoms with Crippen LogP contribution in [0.1, 0.15) is 35.7 Å². The first-order valence-electron chi connectivity index (χ1n) is 9.00. The van der Waals surface area contributed by atoms with Crippen molar-refractivity contribution in [2.24, 2.45) is 0 Å². The van der Waals surface area contributed by atoms with Crippen LogP contribution < -0.4 is 5.32 Å². The van der Waals surface area contributed by atoms with Gasteiger partial charge in [-0.1, -0.05) is 23.7 Å². The van der Waals surface area contributed by atoms with Gasteiger partial charge in [-0.05, 0) is 36.6 Å². The van der Waals surface area contributed by atoms with Crippen molar-refractivity contribution in [3.63, 3.8) is 0 Å². The highest BCUT2D eigenvalue weighted by Crippen LogP contribution is 2.42. The number of amides is 1. The van der Waals surface area contributed by atoms with Crippen LogP contribution >= 0.6 is 11.6 Å². The molecule has 0 bridgehead atoms. The van der Waals surface area contributed by atoms with Gasteiger partial charge in [0.1, 0.15) is 6.54 Å². The number of anilines is 1. The molecule has 1 aliphatic carbocycles. The smallest absolute Gasteiger partial charge is 0.308 e. The predicted octanol–water partition coefficient (Wildman–Crippen LogP) is 4.32. The van der Waals surface area contributed by atoms with Crippen molar-refractivity contribution in [1.29, 1.82) is 0 Å². The van der Waals surface area contributed by atoms with Crippen molar-refractivity contribution >= 4 is 23.3 Å². The maximum Gasteiger partial charge on any atom is 0.435 e. The van der Waals surface area contributed by atoms with E-state index in [1.165, 1.54) is 0 Å². The Bertz CT molecular complexity index is 1040. The van der Waals surface area contributed by atoms with Gasteiger partial charge in [-0.2, -0.15) is 23.4 Å². The zero-order valence-electron chi connectivity index (χ0n) is 15.2. The summed E-state index contributed by atoms with van der Waals surface area (Å²) in [6, 6.07) is 9.98. The second kappa shape index (κ2) is 7.55. The molecule has 29 heavy (non-hydrogen) atoms. The molecule has 1 N–H and O–H groups in total. The number of rotatable bonds is 6. The number of hydrogen-bond donors (Lipinski definition) is 1. The van der Waals surface area contributed by atoms with Gasteiger partial charge in [0.05, 0.1) is 6.54 Å². The van der Waals surface area contributed by atoms with Crippen LogP contribution in [0.3, 0.4) is 0 Å². The number of carbonyl (C=O) groups excluding carboxylic acids is 1. The lowest BCUT2D eigenvalue weighted by molar-refractivity contribution is -0.141. The molecule has 0 radical (unpaired) electrons. The quantitative estimate of drug-likeness (QED) is 0.642. The molecule has 0 unspecified atom stereocenters. The van der Waals surface area contributed by atoms with E-state index in [0.717, 1.165) is 29.2 Å². The third-order valence-corrected chi connectivity index (χ3v) is 4.77. The molecule has 1 saturated carbocycles. The van der Waals surface area contributed by atoms with Crippen molar-refractivity contribution in [2.45, 2.75) is 38.0 Å². The molecule has 2 aromatic heterocycles. The maximum absolute atomic E-state index is 13.0. The summed E-state index contributed by atoms with van der Waals surface area (Å²) < 4.78 is 41.6. The van der Waals surface area contributed by atoms with E-state index < -0.39 is 17.8 Å². The molecule has 152 valence electrons. The van der Waals surface area contributed by atoms with Crippen molar-refractivity contribution in [3.05, 3.63) is 64.6 Å². The summed E-state index contributed by atoms with van der Waals surface area (Å²) in [4.78, 5) is 12.3. The van der Waals surface area contributed by atoms with E-state index in [0.29, 0.717) is 23.1 Å². The SMILES string of the molecule is O=C(Cn1nc(C(F)(F)F)cc1C1CC1)Nc1ccn(Cc2cccc(Cl)c2)n1. The molecule has 3 aromatic rings. The lowest BCUT2D eigenvalue weighted by Crippen LogP contribution is -2.21. The maximum atomic E-state index is 13.0. The summed E-state index contributed by atoms with van der Waals surface area (Å²) in [5.74, 6) is -0.145. The second-order valence-corrected chi connectivity index (χ2v) is 7.40. The number of nitrogens with one attached hydrogen (secondary N) is 1. The first kappa shape index (κ1) is 19.5. The summed E-state index contributed by atoms with van der Waals surface area (Å²) in [6.07, 6.45) is -1.23. The molecule has 2 heterocycles. The Morgan fingerprint density at radius 1 is 1.21 bits per heavy atom. The van der Waals surface area contributed by atoms with Crippen LogP contribution in [0.15, 0.2) is 42.6 Å². The Balaban J connectivity index is 1.42. The van der Waals surface area contributed by atoms with E-state index in [2.05, 4.69) is 15.5 Å². The van der Waals surface area contributed by atoms with Crippen LogP contribution in [0.4, 0.5) is 19.0 Å². The van der Waals surface area contributed by atoms with Gasteiger partial charge in [0, 0.05) is 28.9 Å². The Morgan fingerprint density at radius 2 is 2.00 bits per heavy atom.